The van der Waals surface area contributed by atoms with Crippen molar-refractivity contribution in [3.8, 4) is 0 Å². The number of ketones is 2. The first kappa shape index (κ1) is 73.1. The minimum Gasteiger partial charge on any atom is -0.391 e. The van der Waals surface area contributed by atoms with E-state index in [0.29, 0.717) is 77.8 Å². The molecule has 0 aliphatic carbocycles. The third-order valence-corrected chi connectivity index (χ3v) is 21.9. The molecule has 27 heteroatoms. The first-order chi connectivity index (χ1) is 46.6. The Labute approximate surface area is 568 Å². The highest BCUT2D eigenvalue weighted by molar-refractivity contribution is 6.12. The van der Waals surface area contributed by atoms with Crippen molar-refractivity contribution in [2.24, 2.45) is 29.4 Å². The predicted molar refractivity (Wildman–Crippen MR) is 347 cm³/mol. The molecular weight excluding hydrogens is 1260 g/mol. The Balaban J connectivity index is 0.692. The average molecular weight is 1360 g/mol. The third-order valence-electron chi connectivity index (χ3n) is 21.9. The SMILES string of the molecule is C=C1C[C@@H]2CC[C@@]34C[C@H]5OC6C(O[C@H]7CC[C@H](CC(=O)C[C@@H]8[C@@H](OC)[C@@H](C[C@H](O)CNC(=O)[C@H](CCCNC(N)=O)NC(=O)[C@@H](NC(=O)CCN9CCOCC(C(=O)CCCCN%10C(=O)C=CC%10=O)COCC9)C(C)C)O[C@H]8C[C@H]8O[C@@H](CC[C@@H]1O2)C[C@@H](C)C8=C)O[C@@H]7[C@@H]6O3)[C@H]5O4. The van der Waals surface area contributed by atoms with Gasteiger partial charge in [-0.3, -0.25) is 43.4 Å². The molecule has 12 bridgehead atoms. The Hall–Kier alpha value is -5.14. The van der Waals surface area contributed by atoms with E-state index in [1.54, 1.807) is 21.0 Å². The zero-order valence-corrected chi connectivity index (χ0v) is 57.0. The molecule has 0 aromatic carbocycles. The summed E-state index contributed by atoms with van der Waals surface area (Å²) in [7, 11) is 1.57. The number of nitrogens with two attached hydrogens (primary N) is 1. The number of Topliss-reactive ketones (excluding diaryl/α,β-unsaturated/α-hetero) is 2. The number of amides is 7. The van der Waals surface area contributed by atoms with Gasteiger partial charge in [-0.05, 0) is 93.6 Å². The monoisotopic (exact) mass is 1360 g/mol. The molecule has 12 aliphatic heterocycles. The smallest absolute Gasteiger partial charge is 0.312 e. The zero-order valence-electron chi connectivity index (χ0n) is 57.0. The van der Waals surface area contributed by atoms with Gasteiger partial charge >= 0.3 is 6.03 Å². The maximum atomic E-state index is 14.6. The van der Waals surface area contributed by atoms with Gasteiger partial charge in [-0.15, -0.1) is 0 Å². The highest BCUT2D eigenvalue weighted by Crippen LogP contribution is 2.54. The van der Waals surface area contributed by atoms with Crippen LogP contribution < -0.4 is 27.0 Å². The molecule has 2 unspecified atom stereocenters. The molecule has 27 nitrogen and oxygen atoms in total. The van der Waals surface area contributed by atoms with Gasteiger partial charge in [0.25, 0.3) is 11.8 Å². The van der Waals surface area contributed by atoms with Crippen molar-refractivity contribution < 1.29 is 95.6 Å². The topological polar surface area (TPSA) is 339 Å². The van der Waals surface area contributed by atoms with Crippen LogP contribution in [0, 0.1) is 23.7 Å². The molecule has 97 heavy (non-hydrogen) atoms. The number of rotatable bonds is 23. The van der Waals surface area contributed by atoms with Gasteiger partial charge in [-0.25, -0.2) is 4.79 Å². The first-order valence-corrected chi connectivity index (χ1v) is 35.8. The van der Waals surface area contributed by atoms with Gasteiger partial charge in [0.05, 0.1) is 99.5 Å². The van der Waals surface area contributed by atoms with Gasteiger partial charge in [0, 0.05) is 116 Å². The van der Waals surface area contributed by atoms with Crippen LogP contribution in [0.25, 0.3) is 0 Å². The molecule has 12 heterocycles. The van der Waals surface area contributed by atoms with Crippen LogP contribution in [0.1, 0.15) is 143 Å². The zero-order chi connectivity index (χ0) is 68.7. The summed E-state index contributed by atoms with van der Waals surface area (Å²) < 4.78 is 72.8. The van der Waals surface area contributed by atoms with Gasteiger partial charge in [0.15, 0.2) is 5.79 Å². The second-order valence-corrected chi connectivity index (χ2v) is 29.2. The predicted octanol–water partition coefficient (Wildman–Crippen LogP) is 2.69. The average Bonchev–Trinajstić information content (AvgIpc) is 1.55. The number of methoxy groups -OCH3 is 1. The van der Waals surface area contributed by atoms with Gasteiger partial charge in [0.1, 0.15) is 54.2 Å². The van der Waals surface area contributed by atoms with Crippen LogP contribution in [0.5, 0.6) is 0 Å². The lowest BCUT2D eigenvalue weighted by molar-refractivity contribution is -0.292. The Morgan fingerprint density at radius 3 is 2.19 bits per heavy atom. The lowest BCUT2D eigenvalue weighted by atomic mass is 9.81. The molecule has 0 aromatic heterocycles. The van der Waals surface area contributed by atoms with Crippen molar-refractivity contribution in [2.45, 2.75) is 258 Å². The van der Waals surface area contributed by atoms with E-state index in [-0.39, 0.29) is 156 Å². The number of carbonyl (C=O) groups excluding carboxylic acids is 8. The summed E-state index contributed by atoms with van der Waals surface area (Å²) in [4.78, 5) is 108. The minimum atomic E-state index is -1.18. The van der Waals surface area contributed by atoms with Crippen molar-refractivity contribution >= 4 is 47.1 Å². The number of aliphatic hydroxyl groups is 1. The number of carbonyl (C=O) groups is 8. The van der Waals surface area contributed by atoms with Gasteiger partial charge < -0.3 is 84.2 Å². The number of hydrogen-bond acceptors (Lipinski definition) is 21. The van der Waals surface area contributed by atoms with Crippen molar-refractivity contribution in [1.29, 1.82) is 0 Å². The Morgan fingerprint density at radius 1 is 0.732 bits per heavy atom. The highest BCUT2D eigenvalue weighted by Gasteiger charge is 2.69. The van der Waals surface area contributed by atoms with Gasteiger partial charge in [0.2, 0.25) is 17.7 Å². The molecule has 11 saturated heterocycles. The summed E-state index contributed by atoms with van der Waals surface area (Å²) in [5.41, 5.74) is 7.36. The minimum absolute atomic E-state index is 0.0150. The fourth-order valence-electron chi connectivity index (χ4n) is 16.5. The number of fused-ring (bicyclic) bond motifs is 6. The molecule has 0 saturated carbocycles. The normalized spacial score (nSPS) is 36.6. The number of aliphatic hydroxyl groups excluding tert-OH is 1. The van der Waals surface area contributed by atoms with Crippen LogP contribution in [0.4, 0.5) is 4.79 Å². The van der Waals surface area contributed by atoms with E-state index in [4.69, 9.17) is 57.8 Å². The summed E-state index contributed by atoms with van der Waals surface area (Å²) in [6.07, 6.45) is 4.76. The number of primary amides is 1. The summed E-state index contributed by atoms with van der Waals surface area (Å²) in [6, 6.07) is -2.94. The number of urea groups is 1. The van der Waals surface area contributed by atoms with Gasteiger partial charge in [-0.2, -0.15) is 0 Å². The fraction of sp³-hybridized carbons (Fsp3) is 0.800. The Bertz CT molecular complexity index is 2850. The van der Waals surface area contributed by atoms with Crippen molar-refractivity contribution in [3.63, 3.8) is 0 Å². The Kier molecular flexibility index (Phi) is 24.9. The molecule has 12 aliphatic rings. The van der Waals surface area contributed by atoms with Crippen LogP contribution >= 0.6 is 0 Å². The number of nitrogens with zero attached hydrogens (tertiary/aromatic N) is 2. The van der Waals surface area contributed by atoms with E-state index >= 15 is 0 Å². The van der Waals surface area contributed by atoms with Crippen LogP contribution in [-0.2, 0) is 85.7 Å². The van der Waals surface area contributed by atoms with E-state index in [2.05, 4.69) is 41.3 Å². The van der Waals surface area contributed by atoms with E-state index < -0.39 is 108 Å². The first-order valence-electron chi connectivity index (χ1n) is 35.8. The van der Waals surface area contributed by atoms with Crippen molar-refractivity contribution in [2.75, 3.05) is 72.8 Å². The van der Waals surface area contributed by atoms with Crippen LogP contribution in [0.3, 0.4) is 0 Å². The van der Waals surface area contributed by atoms with Gasteiger partial charge in [-0.1, -0.05) is 33.9 Å². The summed E-state index contributed by atoms with van der Waals surface area (Å²) in [5.74, 6) is -4.40. The molecule has 0 radical (unpaired) electrons. The quantitative estimate of drug-likeness (QED) is 0.0486. The van der Waals surface area contributed by atoms with E-state index in [9.17, 15) is 43.5 Å². The standard InChI is InChI=1S/C70H105N7O20/c1-38(2)60(75-57(81)19-23-76-24-26-88-36-42(37-89-27-25-76)50(80)11-7-8-22-77-58(82)16-17-59(77)83)68(85)74-49(10-9-21-72-69(71)86)67(84)73-35-44(79)32-55-61(87-6)48-31-43(78)30-46-13-15-52-62(92-46)66-65-64(94-52)63-56(95-65)34-70(96-63,97-66)20-18-47-29-40(4)51(90-47)14-12-45-28-39(3)41(5)53(91-45)33-54(48)93-55/h16-17,38-39,42,44-49,51-56,60-66,79H,4-5,7-15,18-37H2,1-3,6H3,(H,73,84)(H,74,85)(H,75,81)(H3,71,72,86)/t39-,44+,45+,46-,47+,48+,49+,51+,52+,53-,54+,55-,56-,60+,61-,62+,63+,64?,65?,66+,70+/m1/s1. The lowest BCUT2D eigenvalue weighted by Crippen LogP contribution is -2.61. The molecule has 7 N–H and O–H groups in total. The molecule has 11 fully saturated rings. The summed E-state index contributed by atoms with van der Waals surface area (Å²) in [6.45, 7) is 17.0. The number of unbranched alkanes of at least 4 members (excludes halogenated alkanes) is 1. The van der Waals surface area contributed by atoms with E-state index in [0.717, 1.165) is 48.2 Å². The van der Waals surface area contributed by atoms with E-state index in [1.807, 2.05) is 4.90 Å². The molecule has 7 amide bonds. The number of nitrogens with one attached hydrogen (secondary N) is 4. The molecule has 12 rings (SSSR count). The molecule has 21 atom stereocenters. The van der Waals surface area contributed by atoms with Crippen molar-refractivity contribution in [3.05, 3.63) is 36.5 Å². The summed E-state index contributed by atoms with van der Waals surface area (Å²) in [5, 5.41) is 22.9. The largest absolute Gasteiger partial charge is 0.391 e. The molecular formula is C70H105N7O20. The molecule has 540 valence electrons. The Morgan fingerprint density at radius 2 is 1.44 bits per heavy atom. The van der Waals surface area contributed by atoms with Crippen LogP contribution in [0.2, 0.25) is 0 Å². The maximum absolute atomic E-state index is 14.6. The third kappa shape index (κ3) is 18.1. The second-order valence-electron chi connectivity index (χ2n) is 29.2. The number of imide groups is 1. The maximum Gasteiger partial charge on any atom is 0.312 e. The lowest BCUT2D eigenvalue weighted by Gasteiger charge is -2.47. The van der Waals surface area contributed by atoms with Crippen molar-refractivity contribution in [1.82, 2.24) is 31.1 Å². The van der Waals surface area contributed by atoms with E-state index in [1.165, 1.54) is 12.2 Å². The second kappa shape index (κ2) is 33.1. The highest BCUT2D eigenvalue weighted by atomic mass is 16.8. The number of hydrogen-bond donors (Lipinski definition) is 6. The molecule has 1 spiro atoms. The van der Waals surface area contributed by atoms with Crippen LogP contribution in [-0.4, -0.2) is 250 Å². The number of ether oxygens (including phenoxy) is 11. The van der Waals surface area contributed by atoms with Crippen LogP contribution in [0.15, 0.2) is 36.5 Å². The molecule has 0 aromatic rings. The fourth-order valence-corrected chi connectivity index (χ4v) is 16.5. The summed E-state index contributed by atoms with van der Waals surface area (Å²) >= 11 is 0.